The van der Waals surface area contributed by atoms with E-state index in [1.807, 2.05) is 0 Å². The first-order chi connectivity index (χ1) is 7.02. The van der Waals surface area contributed by atoms with Gasteiger partial charge in [-0.1, -0.05) is 34.1 Å². The monoisotopic (exact) mass is 213 g/mol. The average molecular weight is 213 g/mol. The fraction of sp³-hybridized carbons (Fsp3) is 1.00. The molecule has 1 saturated carbocycles. The van der Waals surface area contributed by atoms with Gasteiger partial charge in [0.2, 0.25) is 0 Å². The first-order valence-corrected chi connectivity index (χ1v) is 6.41. The molecule has 0 saturated heterocycles. The summed E-state index contributed by atoms with van der Waals surface area (Å²) in [6.45, 7) is 12.3. The summed E-state index contributed by atoms with van der Waals surface area (Å²) in [7, 11) is 0. The van der Waals surface area contributed by atoms with Crippen molar-refractivity contribution in [2.75, 3.05) is 6.54 Å². The van der Waals surface area contributed by atoms with Crippen molar-refractivity contribution in [1.29, 1.82) is 0 Å². The molecule has 90 valence electrons. The molecule has 0 aromatic rings. The van der Waals surface area contributed by atoms with Crippen LogP contribution in [-0.2, 0) is 4.74 Å². The van der Waals surface area contributed by atoms with E-state index in [2.05, 4.69) is 39.9 Å². The van der Waals surface area contributed by atoms with Crippen LogP contribution < -0.4 is 5.32 Å². The van der Waals surface area contributed by atoms with E-state index in [9.17, 15) is 0 Å². The van der Waals surface area contributed by atoms with Gasteiger partial charge in [-0.25, -0.2) is 0 Å². The maximum absolute atomic E-state index is 6.08. The van der Waals surface area contributed by atoms with Gasteiger partial charge in [0.25, 0.3) is 0 Å². The molecule has 0 radical (unpaired) electrons. The largest absolute Gasteiger partial charge is 0.375 e. The van der Waals surface area contributed by atoms with Crippen LogP contribution in [0.25, 0.3) is 0 Å². The summed E-state index contributed by atoms with van der Waals surface area (Å²) < 4.78 is 6.08. The third-order valence-electron chi connectivity index (χ3n) is 3.72. The quantitative estimate of drug-likeness (QED) is 0.732. The number of nitrogens with one attached hydrogen (secondary N) is 1. The van der Waals surface area contributed by atoms with Crippen LogP contribution in [0.4, 0.5) is 0 Å². The van der Waals surface area contributed by atoms with Crippen molar-refractivity contribution in [2.45, 2.75) is 72.1 Å². The van der Waals surface area contributed by atoms with Gasteiger partial charge >= 0.3 is 0 Å². The predicted octanol–water partition coefficient (Wildman–Crippen LogP) is 2.97. The van der Waals surface area contributed by atoms with Gasteiger partial charge in [0.15, 0.2) is 0 Å². The maximum Gasteiger partial charge on any atom is 0.0659 e. The van der Waals surface area contributed by atoms with E-state index in [1.165, 1.54) is 19.3 Å². The van der Waals surface area contributed by atoms with Crippen LogP contribution >= 0.6 is 0 Å². The number of hydrogen-bond donors (Lipinski definition) is 1. The molecular formula is C13H27NO. The summed E-state index contributed by atoms with van der Waals surface area (Å²) in [5.74, 6) is 0. The summed E-state index contributed by atoms with van der Waals surface area (Å²) in [5, 5.41) is 3.53. The van der Waals surface area contributed by atoms with Gasteiger partial charge in [0.05, 0.1) is 12.2 Å². The minimum atomic E-state index is 0.304. The van der Waals surface area contributed by atoms with Crippen molar-refractivity contribution >= 4 is 0 Å². The van der Waals surface area contributed by atoms with Gasteiger partial charge < -0.3 is 10.1 Å². The molecule has 1 aliphatic carbocycles. The third kappa shape index (κ3) is 2.94. The Bertz CT molecular complexity index is 191. The molecule has 15 heavy (non-hydrogen) atoms. The highest BCUT2D eigenvalue weighted by Gasteiger charge is 2.48. The highest BCUT2D eigenvalue weighted by Crippen LogP contribution is 2.43. The van der Waals surface area contributed by atoms with E-state index < -0.39 is 0 Å². The lowest BCUT2D eigenvalue weighted by Crippen LogP contribution is -2.61. The van der Waals surface area contributed by atoms with E-state index in [1.54, 1.807) is 0 Å². The fourth-order valence-electron chi connectivity index (χ4n) is 2.46. The van der Waals surface area contributed by atoms with Crippen molar-refractivity contribution < 1.29 is 4.74 Å². The van der Waals surface area contributed by atoms with Crippen LogP contribution in [0.15, 0.2) is 0 Å². The van der Waals surface area contributed by atoms with E-state index in [-0.39, 0.29) is 0 Å². The second-order valence-electron chi connectivity index (χ2n) is 5.39. The SMILES string of the molecule is CCCC(C)OC1CC(NCC)C1(C)C. The first kappa shape index (κ1) is 13.0. The Morgan fingerprint density at radius 2 is 2.07 bits per heavy atom. The van der Waals surface area contributed by atoms with Crippen LogP contribution in [0.1, 0.15) is 53.9 Å². The molecule has 1 aliphatic rings. The molecule has 0 aliphatic heterocycles. The molecule has 0 amide bonds. The van der Waals surface area contributed by atoms with Crippen LogP contribution in [0.3, 0.4) is 0 Å². The van der Waals surface area contributed by atoms with Crippen molar-refractivity contribution in [3.63, 3.8) is 0 Å². The molecule has 0 aromatic heterocycles. The Morgan fingerprint density at radius 1 is 1.40 bits per heavy atom. The summed E-state index contributed by atoms with van der Waals surface area (Å²) in [4.78, 5) is 0. The Morgan fingerprint density at radius 3 is 2.53 bits per heavy atom. The topological polar surface area (TPSA) is 21.3 Å². The normalized spacial score (nSPS) is 31.0. The first-order valence-electron chi connectivity index (χ1n) is 6.41. The van der Waals surface area contributed by atoms with E-state index in [0.717, 1.165) is 6.54 Å². The summed E-state index contributed by atoms with van der Waals surface area (Å²) >= 11 is 0. The maximum atomic E-state index is 6.08. The van der Waals surface area contributed by atoms with Crippen LogP contribution in [0.2, 0.25) is 0 Å². The molecule has 3 unspecified atom stereocenters. The molecule has 0 spiro atoms. The minimum Gasteiger partial charge on any atom is -0.375 e. The van der Waals surface area contributed by atoms with Crippen LogP contribution in [-0.4, -0.2) is 24.8 Å². The van der Waals surface area contributed by atoms with Crippen LogP contribution in [0.5, 0.6) is 0 Å². The van der Waals surface area contributed by atoms with E-state index in [4.69, 9.17) is 4.74 Å². The molecule has 1 N–H and O–H groups in total. The van der Waals surface area contributed by atoms with Crippen molar-refractivity contribution in [3.8, 4) is 0 Å². The molecule has 2 heteroatoms. The number of ether oxygens (including phenoxy) is 1. The zero-order chi connectivity index (χ0) is 11.5. The Balaban J connectivity index is 2.34. The summed E-state index contributed by atoms with van der Waals surface area (Å²) in [6, 6.07) is 0.640. The van der Waals surface area contributed by atoms with Crippen molar-refractivity contribution in [1.82, 2.24) is 5.32 Å². The van der Waals surface area contributed by atoms with Gasteiger partial charge in [0.1, 0.15) is 0 Å². The number of rotatable bonds is 6. The van der Waals surface area contributed by atoms with Gasteiger partial charge in [-0.2, -0.15) is 0 Å². The molecule has 1 fully saturated rings. The molecular weight excluding hydrogens is 186 g/mol. The van der Waals surface area contributed by atoms with Crippen LogP contribution in [0, 0.1) is 5.41 Å². The molecule has 3 atom stereocenters. The Hall–Kier alpha value is -0.0800. The fourth-order valence-corrected chi connectivity index (χ4v) is 2.46. The van der Waals surface area contributed by atoms with Crippen molar-refractivity contribution in [3.05, 3.63) is 0 Å². The lowest BCUT2D eigenvalue weighted by atomic mass is 9.64. The lowest BCUT2D eigenvalue weighted by molar-refractivity contribution is -0.144. The minimum absolute atomic E-state index is 0.304. The molecule has 0 heterocycles. The zero-order valence-corrected chi connectivity index (χ0v) is 11.0. The van der Waals surface area contributed by atoms with E-state index >= 15 is 0 Å². The zero-order valence-electron chi connectivity index (χ0n) is 11.0. The van der Waals surface area contributed by atoms with Crippen molar-refractivity contribution in [2.24, 2.45) is 5.41 Å². The number of hydrogen-bond acceptors (Lipinski definition) is 2. The Labute approximate surface area is 94.8 Å². The standard InChI is InChI=1S/C13H27NO/c1-6-8-10(3)15-12-9-11(14-7-2)13(12,4)5/h10-12,14H,6-9H2,1-5H3. The molecule has 0 aromatic carbocycles. The van der Waals surface area contributed by atoms with E-state index in [0.29, 0.717) is 23.7 Å². The smallest absolute Gasteiger partial charge is 0.0659 e. The summed E-state index contributed by atoms with van der Waals surface area (Å²) in [6.07, 6.45) is 4.43. The predicted molar refractivity (Wildman–Crippen MR) is 65.1 cm³/mol. The second-order valence-corrected chi connectivity index (χ2v) is 5.39. The average Bonchev–Trinajstić information content (AvgIpc) is 2.17. The highest BCUT2D eigenvalue weighted by atomic mass is 16.5. The van der Waals surface area contributed by atoms with Gasteiger partial charge in [-0.05, 0) is 26.3 Å². The summed E-state index contributed by atoms with van der Waals surface area (Å²) in [5.41, 5.74) is 0.304. The van der Waals surface area contributed by atoms with Gasteiger partial charge in [0, 0.05) is 11.5 Å². The molecule has 0 bridgehead atoms. The Kier molecular flexibility index (Phi) is 4.60. The lowest BCUT2D eigenvalue weighted by Gasteiger charge is -2.52. The van der Waals surface area contributed by atoms with Gasteiger partial charge in [-0.15, -0.1) is 0 Å². The molecule has 1 rings (SSSR count). The molecule has 2 nitrogen and oxygen atoms in total. The second kappa shape index (κ2) is 5.31. The third-order valence-corrected chi connectivity index (χ3v) is 3.72. The van der Waals surface area contributed by atoms with Gasteiger partial charge in [-0.3, -0.25) is 0 Å². The highest BCUT2D eigenvalue weighted by molar-refractivity contribution is 5.02.